The van der Waals surface area contributed by atoms with Crippen LogP contribution in [-0.2, 0) is 0 Å². The van der Waals surface area contributed by atoms with E-state index in [2.05, 4.69) is 48.5 Å². The van der Waals surface area contributed by atoms with Gasteiger partial charge in [-0.25, -0.2) is 15.0 Å². The summed E-state index contributed by atoms with van der Waals surface area (Å²) in [7, 11) is 0. The predicted molar refractivity (Wildman–Crippen MR) is 150 cm³/mol. The second kappa shape index (κ2) is 9.96. The van der Waals surface area contributed by atoms with Gasteiger partial charge in [0.05, 0.1) is 5.69 Å². The van der Waals surface area contributed by atoms with Crippen LogP contribution >= 0.6 is 0 Å². The highest BCUT2D eigenvalue weighted by Crippen LogP contribution is 2.30. The molecule has 2 heterocycles. The highest BCUT2D eigenvalue weighted by molar-refractivity contribution is 5.74. The Morgan fingerprint density at radius 2 is 0.811 bits per heavy atom. The molecule has 176 valence electrons. The molecule has 0 saturated carbocycles. The molecule has 6 rings (SSSR count). The van der Waals surface area contributed by atoms with Crippen molar-refractivity contribution in [1.82, 2.24) is 19.9 Å². The van der Waals surface area contributed by atoms with E-state index in [0.717, 1.165) is 39.2 Å². The minimum absolute atomic E-state index is 0.630. The van der Waals surface area contributed by atoms with Gasteiger partial charge in [-0.1, -0.05) is 109 Å². The third-order valence-electron chi connectivity index (χ3n) is 6.18. The van der Waals surface area contributed by atoms with Gasteiger partial charge in [-0.2, -0.15) is 0 Å². The van der Waals surface area contributed by atoms with Gasteiger partial charge in [-0.15, -0.1) is 0 Å². The number of benzene rings is 4. The lowest BCUT2D eigenvalue weighted by Gasteiger charge is -2.10. The van der Waals surface area contributed by atoms with E-state index < -0.39 is 0 Å². The third kappa shape index (κ3) is 4.91. The van der Waals surface area contributed by atoms with Gasteiger partial charge in [-0.3, -0.25) is 4.98 Å². The standard InChI is InChI=1S/C33H24N4/c1-23-20-29(24-12-5-2-6-13-24)22-30(34-23)27-18-11-19-28(21-27)33-36-31(25-14-7-3-8-15-25)35-32(37-33)26-16-9-4-10-17-26/h2-22H,1H3. The molecule has 6 aromatic rings. The minimum atomic E-state index is 0.630. The van der Waals surface area contributed by atoms with Crippen molar-refractivity contribution in [3.63, 3.8) is 0 Å². The summed E-state index contributed by atoms with van der Waals surface area (Å²) >= 11 is 0. The second-order valence-electron chi connectivity index (χ2n) is 8.87. The summed E-state index contributed by atoms with van der Waals surface area (Å²) in [5.74, 6) is 1.93. The van der Waals surface area contributed by atoms with E-state index in [1.165, 1.54) is 5.56 Å². The molecule has 0 bridgehead atoms. The summed E-state index contributed by atoms with van der Waals surface area (Å²) in [6.45, 7) is 2.03. The maximum Gasteiger partial charge on any atom is 0.164 e. The molecular formula is C33H24N4. The van der Waals surface area contributed by atoms with Crippen molar-refractivity contribution in [2.75, 3.05) is 0 Å². The number of nitrogens with zero attached hydrogens (tertiary/aromatic N) is 4. The normalized spacial score (nSPS) is 10.8. The molecule has 4 heteroatoms. The number of aromatic nitrogens is 4. The quantitative estimate of drug-likeness (QED) is 0.254. The van der Waals surface area contributed by atoms with Crippen LogP contribution in [0.5, 0.6) is 0 Å². The van der Waals surface area contributed by atoms with Gasteiger partial charge in [0.15, 0.2) is 17.5 Å². The van der Waals surface area contributed by atoms with E-state index in [4.69, 9.17) is 19.9 Å². The van der Waals surface area contributed by atoms with Crippen LogP contribution in [0.1, 0.15) is 5.69 Å². The van der Waals surface area contributed by atoms with Crippen LogP contribution in [0.3, 0.4) is 0 Å². The SMILES string of the molecule is Cc1cc(-c2ccccc2)cc(-c2cccc(-c3nc(-c4ccccc4)nc(-c4ccccc4)n3)c2)n1. The molecule has 0 spiro atoms. The van der Waals surface area contributed by atoms with E-state index in [1.807, 2.05) is 85.8 Å². The van der Waals surface area contributed by atoms with Crippen molar-refractivity contribution >= 4 is 0 Å². The van der Waals surface area contributed by atoms with Gasteiger partial charge in [-0.05, 0) is 36.2 Å². The fourth-order valence-corrected chi connectivity index (χ4v) is 4.37. The number of pyridine rings is 1. The van der Waals surface area contributed by atoms with Crippen molar-refractivity contribution in [2.24, 2.45) is 0 Å². The zero-order valence-corrected chi connectivity index (χ0v) is 20.4. The lowest BCUT2D eigenvalue weighted by atomic mass is 10.0. The van der Waals surface area contributed by atoms with Gasteiger partial charge in [0.25, 0.3) is 0 Å². The summed E-state index contributed by atoms with van der Waals surface area (Å²) in [4.78, 5) is 19.4. The first-order valence-corrected chi connectivity index (χ1v) is 12.2. The topological polar surface area (TPSA) is 51.6 Å². The van der Waals surface area contributed by atoms with Crippen LogP contribution in [0.4, 0.5) is 0 Å². The number of aryl methyl sites for hydroxylation is 1. The van der Waals surface area contributed by atoms with Crippen molar-refractivity contribution < 1.29 is 0 Å². The molecule has 0 N–H and O–H groups in total. The molecule has 0 aliphatic rings. The van der Waals surface area contributed by atoms with Crippen LogP contribution in [-0.4, -0.2) is 19.9 Å². The van der Waals surface area contributed by atoms with Gasteiger partial charge >= 0.3 is 0 Å². The van der Waals surface area contributed by atoms with Crippen molar-refractivity contribution in [3.8, 4) is 56.5 Å². The second-order valence-corrected chi connectivity index (χ2v) is 8.87. The molecule has 0 aliphatic heterocycles. The zero-order chi connectivity index (χ0) is 25.0. The molecule has 0 radical (unpaired) electrons. The molecule has 37 heavy (non-hydrogen) atoms. The third-order valence-corrected chi connectivity index (χ3v) is 6.18. The van der Waals surface area contributed by atoms with Gasteiger partial charge in [0.2, 0.25) is 0 Å². The number of hydrogen-bond acceptors (Lipinski definition) is 4. The Balaban J connectivity index is 1.47. The van der Waals surface area contributed by atoms with Crippen molar-refractivity contribution in [2.45, 2.75) is 6.92 Å². The Morgan fingerprint density at radius 3 is 1.38 bits per heavy atom. The Morgan fingerprint density at radius 1 is 0.351 bits per heavy atom. The fraction of sp³-hybridized carbons (Fsp3) is 0.0303. The average molecular weight is 477 g/mol. The summed E-state index contributed by atoms with van der Waals surface area (Å²) in [5.41, 5.74) is 8.04. The summed E-state index contributed by atoms with van der Waals surface area (Å²) in [5, 5.41) is 0. The molecule has 0 atom stereocenters. The Hall–Kier alpha value is -4.96. The van der Waals surface area contributed by atoms with Gasteiger partial charge in [0.1, 0.15) is 0 Å². The van der Waals surface area contributed by atoms with E-state index in [9.17, 15) is 0 Å². The van der Waals surface area contributed by atoms with E-state index in [0.29, 0.717) is 17.5 Å². The molecule has 0 amide bonds. The Bertz CT molecular complexity index is 1610. The number of hydrogen-bond donors (Lipinski definition) is 0. The zero-order valence-electron chi connectivity index (χ0n) is 20.4. The van der Waals surface area contributed by atoms with Crippen molar-refractivity contribution in [1.29, 1.82) is 0 Å². The Kier molecular flexibility index (Phi) is 6.05. The largest absolute Gasteiger partial charge is 0.253 e. The average Bonchev–Trinajstić information content (AvgIpc) is 2.98. The molecule has 0 fully saturated rings. The molecule has 0 aliphatic carbocycles. The van der Waals surface area contributed by atoms with E-state index >= 15 is 0 Å². The van der Waals surface area contributed by atoms with Crippen LogP contribution in [0.2, 0.25) is 0 Å². The molecule has 4 nitrogen and oxygen atoms in total. The van der Waals surface area contributed by atoms with Crippen molar-refractivity contribution in [3.05, 3.63) is 133 Å². The monoisotopic (exact) mass is 476 g/mol. The lowest BCUT2D eigenvalue weighted by molar-refractivity contribution is 1.07. The van der Waals surface area contributed by atoms with E-state index in [1.54, 1.807) is 0 Å². The highest BCUT2D eigenvalue weighted by atomic mass is 15.0. The maximum atomic E-state index is 4.87. The first kappa shape index (κ1) is 22.5. The first-order valence-electron chi connectivity index (χ1n) is 12.2. The summed E-state index contributed by atoms with van der Waals surface area (Å²) in [6.07, 6.45) is 0. The summed E-state index contributed by atoms with van der Waals surface area (Å²) in [6, 6.07) is 42.9. The Labute approximate surface area is 216 Å². The first-order chi connectivity index (χ1) is 18.2. The van der Waals surface area contributed by atoms with Crippen LogP contribution in [0, 0.1) is 6.92 Å². The maximum absolute atomic E-state index is 4.87. The summed E-state index contributed by atoms with van der Waals surface area (Å²) < 4.78 is 0. The number of rotatable bonds is 5. The molecular weight excluding hydrogens is 452 g/mol. The lowest BCUT2D eigenvalue weighted by Crippen LogP contribution is -2.00. The van der Waals surface area contributed by atoms with Crippen LogP contribution in [0.15, 0.2) is 127 Å². The minimum Gasteiger partial charge on any atom is -0.253 e. The fourth-order valence-electron chi connectivity index (χ4n) is 4.37. The van der Waals surface area contributed by atoms with Crippen LogP contribution in [0.25, 0.3) is 56.5 Å². The molecule has 4 aromatic carbocycles. The van der Waals surface area contributed by atoms with Gasteiger partial charge in [0, 0.05) is 27.9 Å². The molecule has 0 saturated heterocycles. The van der Waals surface area contributed by atoms with E-state index in [-0.39, 0.29) is 0 Å². The smallest absolute Gasteiger partial charge is 0.164 e. The highest BCUT2D eigenvalue weighted by Gasteiger charge is 2.13. The van der Waals surface area contributed by atoms with Gasteiger partial charge < -0.3 is 0 Å². The van der Waals surface area contributed by atoms with Crippen LogP contribution < -0.4 is 0 Å². The predicted octanol–water partition coefficient (Wildman–Crippen LogP) is 7.91. The molecule has 0 unspecified atom stereocenters. The molecule has 2 aromatic heterocycles.